The Morgan fingerprint density at radius 2 is 1.45 bits per heavy atom. The molecule has 5 N–H and O–H groups in total. The SMILES string of the molecule is CC(O)C(O)COc1ccc(-c2cn(-c3cccc(C4COCCN4CC(O)COc4ccc(-c5cn(-c6ccccc6)c6nc[nH]c(=O)c56)cc4C#N)c3)c3nc[nH]c(=O)c23)cc1. The zero-order valence-electron chi connectivity index (χ0n) is 34.7. The van der Waals surface area contributed by atoms with Crippen LogP contribution in [0.4, 0.5) is 0 Å². The zero-order chi connectivity index (χ0) is 44.3. The largest absolute Gasteiger partial charge is 0.491 e. The molecule has 8 aromatic rings. The molecular formula is C48H44N8O8. The smallest absolute Gasteiger partial charge is 0.260 e. The molecule has 9 rings (SSSR count). The van der Waals surface area contributed by atoms with E-state index in [9.17, 15) is 30.2 Å². The molecule has 1 aliphatic heterocycles. The fourth-order valence-electron chi connectivity index (χ4n) is 8.08. The van der Waals surface area contributed by atoms with Crippen LogP contribution < -0.4 is 20.6 Å². The summed E-state index contributed by atoms with van der Waals surface area (Å²) in [5, 5.41) is 41.9. The lowest BCUT2D eigenvalue weighted by molar-refractivity contribution is -0.0336. The summed E-state index contributed by atoms with van der Waals surface area (Å²) in [6.07, 6.45) is 3.57. The summed E-state index contributed by atoms with van der Waals surface area (Å²) < 4.78 is 21.4. The fourth-order valence-corrected chi connectivity index (χ4v) is 8.08. The van der Waals surface area contributed by atoms with Crippen LogP contribution in [0.5, 0.6) is 11.5 Å². The predicted octanol–water partition coefficient (Wildman–Crippen LogP) is 4.88. The number of ether oxygens (including phenoxy) is 3. The van der Waals surface area contributed by atoms with Gasteiger partial charge in [0.1, 0.15) is 43.0 Å². The van der Waals surface area contributed by atoms with Gasteiger partial charge in [-0.25, -0.2) is 9.97 Å². The van der Waals surface area contributed by atoms with Crippen LogP contribution in [0.25, 0.3) is 55.7 Å². The van der Waals surface area contributed by atoms with Crippen LogP contribution in [0.3, 0.4) is 0 Å². The molecule has 1 aliphatic rings. The summed E-state index contributed by atoms with van der Waals surface area (Å²) in [5.41, 5.74) is 5.81. The Hall–Kier alpha value is -7.39. The molecule has 1 saturated heterocycles. The molecular weight excluding hydrogens is 817 g/mol. The van der Waals surface area contributed by atoms with Crippen LogP contribution >= 0.6 is 0 Å². The highest BCUT2D eigenvalue weighted by Gasteiger charge is 2.28. The second-order valence-electron chi connectivity index (χ2n) is 15.6. The number of nitrogens with zero attached hydrogens (tertiary/aromatic N) is 6. The Morgan fingerprint density at radius 3 is 2.14 bits per heavy atom. The van der Waals surface area contributed by atoms with Crippen molar-refractivity contribution in [3.8, 4) is 51.2 Å². The highest BCUT2D eigenvalue weighted by molar-refractivity contribution is 5.95. The average Bonchev–Trinajstić information content (AvgIpc) is 3.92. The maximum atomic E-state index is 13.3. The van der Waals surface area contributed by atoms with Crippen molar-refractivity contribution in [1.29, 1.82) is 5.26 Å². The van der Waals surface area contributed by atoms with Gasteiger partial charge < -0.3 is 48.6 Å². The number of morpholine rings is 1. The van der Waals surface area contributed by atoms with E-state index < -0.39 is 18.3 Å². The van der Waals surface area contributed by atoms with E-state index in [2.05, 4.69) is 30.9 Å². The standard InChI is InChI=1S/C48H44N8O8/c1-29(57)41(59)26-63-37-13-10-30(11-14-37)38-22-56(46-43(38)47(60)52-28-51-46)35-9-5-6-32(19-35)40-25-62-17-16-54(40)21-36(58)24-64-42-15-12-31(18-33(42)20-49)39-23-55(34-7-3-2-4-8-34)45-44(39)48(61)53-27-50-45/h2-15,18-19,22-23,27-29,36,40-41,57-59H,16-17,21,24-26H2,1H3,(H,50,53,61)(H,51,52,60). The number of benzene rings is 4. The molecule has 0 bridgehead atoms. The number of H-pyrrole nitrogens is 2. The molecule has 64 heavy (non-hydrogen) atoms. The molecule has 4 aromatic carbocycles. The molecule has 4 aromatic heterocycles. The van der Waals surface area contributed by atoms with Crippen LogP contribution in [0.15, 0.2) is 132 Å². The molecule has 0 spiro atoms. The van der Waals surface area contributed by atoms with E-state index in [-0.39, 0.29) is 42.5 Å². The first-order chi connectivity index (χ1) is 31.2. The number of aromatic amines is 2. The number of para-hydroxylation sites is 1. The van der Waals surface area contributed by atoms with Crippen molar-refractivity contribution in [1.82, 2.24) is 34.0 Å². The third-order valence-corrected chi connectivity index (χ3v) is 11.4. The topological polar surface area (TPSA) is 217 Å². The van der Waals surface area contributed by atoms with Crippen molar-refractivity contribution in [2.75, 3.05) is 39.5 Å². The molecule has 0 aliphatic carbocycles. The number of aliphatic hydroxyl groups is 3. The minimum atomic E-state index is -1.03. The van der Waals surface area contributed by atoms with Gasteiger partial charge in [0, 0.05) is 48.0 Å². The van der Waals surface area contributed by atoms with Crippen molar-refractivity contribution in [3.05, 3.63) is 154 Å². The van der Waals surface area contributed by atoms with Crippen LogP contribution in [-0.4, -0.2) is 107 Å². The van der Waals surface area contributed by atoms with Gasteiger partial charge in [0.2, 0.25) is 0 Å². The Kier molecular flexibility index (Phi) is 11.9. The molecule has 16 nitrogen and oxygen atoms in total. The number of fused-ring (bicyclic) bond motifs is 2. The van der Waals surface area contributed by atoms with Gasteiger partial charge in [-0.2, -0.15) is 5.26 Å². The van der Waals surface area contributed by atoms with Gasteiger partial charge in [0.05, 0.1) is 54.4 Å². The van der Waals surface area contributed by atoms with Crippen molar-refractivity contribution in [3.63, 3.8) is 0 Å². The molecule has 4 atom stereocenters. The van der Waals surface area contributed by atoms with Gasteiger partial charge in [0.15, 0.2) is 11.3 Å². The molecule has 0 radical (unpaired) electrons. The van der Waals surface area contributed by atoms with Crippen molar-refractivity contribution in [2.24, 2.45) is 0 Å². The van der Waals surface area contributed by atoms with Gasteiger partial charge in [-0.3, -0.25) is 14.5 Å². The average molecular weight is 861 g/mol. The molecule has 0 saturated carbocycles. The Bertz CT molecular complexity index is 3100. The second-order valence-corrected chi connectivity index (χ2v) is 15.6. The first kappa shape index (κ1) is 41.9. The van der Waals surface area contributed by atoms with Gasteiger partial charge in [0.25, 0.3) is 11.1 Å². The molecule has 5 heterocycles. The third-order valence-electron chi connectivity index (χ3n) is 11.4. The number of nitriles is 1. The normalized spacial score (nSPS) is 15.8. The Balaban J connectivity index is 0.916. The van der Waals surface area contributed by atoms with Crippen molar-refractivity contribution in [2.45, 2.75) is 31.3 Å². The van der Waals surface area contributed by atoms with Crippen molar-refractivity contribution >= 4 is 22.1 Å². The van der Waals surface area contributed by atoms with E-state index in [1.54, 1.807) is 30.3 Å². The summed E-state index contributed by atoms with van der Waals surface area (Å²) in [7, 11) is 0. The predicted molar refractivity (Wildman–Crippen MR) is 239 cm³/mol. The minimum absolute atomic E-state index is 0.0704. The van der Waals surface area contributed by atoms with E-state index in [0.29, 0.717) is 70.0 Å². The highest BCUT2D eigenvalue weighted by atomic mass is 16.5. The fraction of sp³-hybridized carbons (Fsp3) is 0.229. The minimum Gasteiger partial charge on any atom is -0.491 e. The quantitative estimate of drug-likeness (QED) is 0.0989. The van der Waals surface area contributed by atoms with E-state index in [4.69, 9.17) is 14.2 Å². The Morgan fingerprint density at radius 1 is 0.797 bits per heavy atom. The summed E-state index contributed by atoms with van der Waals surface area (Å²) in [6.45, 7) is 3.02. The lowest BCUT2D eigenvalue weighted by Crippen LogP contribution is -2.44. The van der Waals surface area contributed by atoms with Crippen LogP contribution in [-0.2, 0) is 4.74 Å². The molecule has 1 fully saturated rings. The lowest BCUT2D eigenvalue weighted by atomic mass is 10.0. The number of aliphatic hydroxyl groups excluding tert-OH is 3. The van der Waals surface area contributed by atoms with Gasteiger partial charge in [-0.15, -0.1) is 0 Å². The van der Waals surface area contributed by atoms with Gasteiger partial charge in [-0.05, 0) is 72.1 Å². The first-order valence-corrected chi connectivity index (χ1v) is 20.8. The molecule has 0 amide bonds. The van der Waals surface area contributed by atoms with E-state index in [1.807, 2.05) is 88.3 Å². The van der Waals surface area contributed by atoms with Crippen LogP contribution in [0.2, 0.25) is 0 Å². The molecule has 324 valence electrons. The van der Waals surface area contributed by atoms with E-state index in [0.717, 1.165) is 22.5 Å². The summed E-state index contributed by atoms with van der Waals surface area (Å²) in [4.78, 5) is 42.9. The lowest BCUT2D eigenvalue weighted by Gasteiger charge is -2.37. The van der Waals surface area contributed by atoms with E-state index in [1.165, 1.54) is 19.6 Å². The second kappa shape index (κ2) is 18.1. The zero-order valence-corrected chi connectivity index (χ0v) is 34.7. The summed E-state index contributed by atoms with van der Waals surface area (Å²) >= 11 is 0. The summed E-state index contributed by atoms with van der Waals surface area (Å²) in [6, 6.07) is 31.7. The maximum Gasteiger partial charge on any atom is 0.260 e. The van der Waals surface area contributed by atoms with Crippen LogP contribution in [0.1, 0.15) is 24.1 Å². The van der Waals surface area contributed by atoms with Crippen molar-refractivity contribution < 1.29 is 29.5 Å². The molecule has 16 heteroatoms. The van der Waals surface area contributed by atoms with Crippen LogP contribution in [0, 0.1) is 11.3 Å². The number of rotatable bonds is 14. The first-order valence-electron chi connectivity index (χ1n) is 20.8. The Labute approximate surface area is 365 Å². The number of nitrogens with one attached hydrogen (secondary N) is 2. The maximum absolute atomic E-state index is 13.3. The highest BCUT2D eigenvalue weighted by Crippen LogP contribution is 2.35. The van der Waals surface area contributed by atoms with Gasteiger partial charge in [-0.1, -0.05) is 48.5 Å². The molecule has 4 unspecified atom stereocenters. The number of β-amino-alcohol motifs (C(OH)–C–C–N with tert-alkyl or cyclic N) is 1. The number of aromatic nitrogens is 6. The van der Waals surface area contributed by atoms with Gasteiger partial charge >= 0.3 is 0 Å². The third kappa shape index (κ3) is 8.41. The number of hydrogen-bond donors (Lipinski definition) is 5. The van der Waals surface area contributed by atoms with E-state index >= 15 is 0 Å². The monoisotopic (exact) mass is 860 g/mol. The summed E-state index contributed by atoms with van der Waals surface area (Å²) in [5.74, 6) is 0.805. The number of hydrogen-bond acceptors (Lipinski definition) is 12.